The molecule has 1 saturated heterocycles. The number of imide groups is 1. The standard InChI is InChI=1S/C10H9NO4/c12-8-5-6-9(13)11(8)15-10(14)7-3-1-2-4-7/h1-3H,4-6H2. The van der Waals surface area contributed by atoms with Gasteiger partial charge in [0.1, 0.15) is 0 Å². The molecule has 2 aliphatic rings. The minimum absolute atomic E-state index is 0.114. The fourth-order valence-corrected chi connectivity index (χ4v) is 1.40. The number of carbonyl (C=O) groups excluding carboxylic acids is 3. The summed E-state index contributed by atoms with van der Waals surface area (Å²) < 4.78 is 0. The van der Waals surface area contributed by atoms with Gasteiger partial charge in [0.25, 0.3) is 11.8 Å². The first-order valence-corrected chi connectivity index (χ1v) is 4.62. The van der Waals surface area contributed by atoms with Crippen LogP contribution in [-0.4, -0.2) is 22.8 Å². The number of rotatable bonds is 2. The topological polar surface area (TPSA) is 63.7 Å². The van der Waals surface area contributed by atoms with Crippen LogP contribution in [0.25, 0.3) is 0 Å². The molecule has 78 valence electrons. The number of hydroxylamine groups is 2. The Morgan fingerprint density at radius 3 is 2.47 bits per heavy atom. The second-order valence-electron chi connectivity index (χ2n) is 3.28. The minimum atomic E-state index is -0.636. The molecule has 0 N–H and O–H groups in total. The number of allylic oxidation sites excluding steroid dienone is 3. The molecule has 0 radical (unpaired) electrons. The van der Waals surface area contributed by atoms with Crippen molar-refractivity contribution in [2.75, 3.05) is 0 Å². The van der Waals surface area contributed by atoms with Gasteiger partial charge in [-0.05, 0) is 6.42 Å². The van der Waals surface area contributed by atoms with E-state index in [2.05, 4.69) is 0 Å². The van der Waals surface area contributed by atoms with E-state index in [9.17, 15) is 14.4 Å². The molecule has 5 nitrogen and oxygen atoms in total. The van der Waals surface area contributed by atoms with E-state index in [1.54, 1.807) is 18.2 Å². The monoisotopic (exact) mass is 207 g/mol. The van der Waals surface area contributed by atoms with Crippen molar-refractivity contribution >= 4 is 17.8 Å². The largest absolute Gasteiger partial charge is 0.360 e. The summed E-state index contributed by atoms with van der Waals surface area (Å²) in [5, 5.41) is 0.557. The van der Waals surface area contributed by atoms with Crippen LogP contribution >= 0.6 is 0 Å². The fourth-order valence-electron chi connectivity index (χ4n) is 1.40. The minimum Gasteiger partial charge on any atom is -0.325 e. The van der Waals surface area contributed by atoms with Crippen LogP contribution in [0.4, 0.5) is 0 Å². The summed E-state index contributed by atoms with van der Waals surface area (Å²) in [4.78, 5) is 38.4. The van der Waals surface area contributed by atoms with Crippen LogP contribution < -0.4 is 0 Å². The summed E-state index contributed by atoms with van der Waals surface area (Å²) in [6.07, 6.45) is 5.84. The van der Waals surface area contributed by atoms with E-state index in [0.29, 0.717) is 17.1 Å². The van der Waals surface area contributed by atoms with Crippen molar-refractivity contribution in [3.8, 4) is 0 Å². The van der Waals surface area contributed by atoms with Gasteiger partial charge in [-0.3, -0.25) is 9.59 Å². The predicted molar refractivity (Wildman–Crippen MR) is 49.0 cm³/mol. The Hall–Kier alpha value is -1.91. The first kappa shape index (κ1) is 9.64. The number of amides is 2. The Balaban J connectivity index is 1.99. The normalized spacial score (nSPS) is 19.7. The van der Waals surface area contributed by atoms with Crippen LogP contribution in [0.15, 0.2) is 23.8 Å². The highest BCUT2D eigenvalue weighted by molar-refractivity contribution is 6.02. The molecular formula is C10H9NO4. The van der Waals surface area contributed by atoms with E-state index in [1.807, 2.05) is 0 Å². The maximum atomic E-state index is 11.4. The molecule has 1 fully saturated rings. The molecule has 0 spiro atoms. The lowest BCUT2D eigenvalue weighted by Gasteiger charge is -2.12. The Labute approximate surface area is 85.9 Å². The molecule has 15 heavy (non-hydrogen) atoms. The van der Waals surface area contributed by atoms with Gasteiger partial charge in [0.2, 0.25) is 0 Å². The molecule has 0 aromatic heterocycles. The molecular weight excluding hydrogens is 198 g/mol. The highest BCUT2D eigenvalue weighted by Gasteiger charge is 2.33. The summed E-state index contributed by atoms with van der Waals surface area (Å²) in [6.45, 7) is 0. The lowest BCUT2D eigenvalue weighted by molar-refractivity contribution is -0.194. The summed E-state index contributed by atoms with van der Waals surface area (Å²) >= 11 is 0. The zero-order valence-electron chi connectivity index (χ0n) is 7.93. The van der Waals surface area contributed by atoms with Crippen molar-refractivity contribution in [1.29, 1.82) is 0 Å². The molecule has 0 saturated carbocycles. The zero-order valence-corrected chi connectivity index (χ0v) is 7.93. The molecule has 0 unspecified atom stereocenters. The van der Waals surface area contributed by atoms with Gasteiger partial charge in [0.15, 0.2) is 0 Å². The van der Waals surface area contributed by atoms with Gasteiger partial charge in [-0.2, -0.15) is 0 Å². The van der Waals surface area contributed by atoms with Crippen LogP contribution in [0.1, 0.15) is 19.3 Å². The smallest absolute Gasteiger partial charge is 0.325 e. The van der Waals surface area contributed by atoms with Crippen molar-refractivity contribution in [2.45, 2.75) is 19.3 Å². The van der Waals surface area contributed by atoms with Crippen LogP contribution in [0.5, 0.6) is 0 Å². The van der Waals surface area contributed by atoms with Crippen molar-refractivity contribution in [1.82, 2.24) is 5.06 Å². The zero-order chi connectivity index (χ0) is 10.8. The van der Waals surface area contributed by atoms with Gasteiger partial charge in [-0.1, -0.05) is 18.2 Å². The Morgan fingerprint density at radius 2 is 1.93 bits per heavy atom. The van der Waals surface area contributed by atoms with Crippen LogP contribution in [0.2, 0.25) is 0 Å². The maximum Gasteiger partial charge on any atom is 0.360 e. The quantitative estimate of drug-likeness (QED) is 0.618. The SMILES string of the molecule is O=C(ON1C(=O)CCC1=O)C1=CC=CC1. The average molecular weight is 207 g/mol. The fraction of sp³-hybridized carbons (Fsp3) is 0.300. The van der Waals surface area contributed by atoms with Gasteiger partial charge in [-0.25, -0.2) is 4.79 Å². The lowest BCUT2D eigenvalue weighted by atomic mass is 10.2. The van der Waals surface area contributed by atoms with Crippen LogP contribution in [-0.2, 0) is 19.2 Å². The van der Waals surface area contributed by atoms with E-state index in [0.717, 1.165) is 0 Å². The number of nitrogens with zero attached hydrogens (tertiary/aromatic N) is 1. The Morgan fingerprint density at radius 1 is 1.27 bits per heavy atom. The molecule has 1 aliphatic carbocycles. The van der Waals surface area contributed by atoms with Crippen molar-refractivity contribution in [3.63, 3.8) is 0 Å². The van der Waals surface area contributed by atoms with Crippen LogP contribution in [0, 0.1) is 0 Å². The predicted octanol–water partition coefficient (Wildman–Crippen LogP) is 0.480. The average Bonchev–Trinajstić information content (AvgIpc) is 2.82. The second kappa shape index (κ2) is 3.68. The molecule has 2 rings (SSSR count). The van der Waals surface area contributed by atoms with Crippen LogP contribution in [0.3, 0.4) is 0 Å². The third kappa shape index (κ3) is 1.81. The third-order valence-corrected chi connectivity index (χ3v) is 2.21. The van der Waals surface area contributed by atoms with E-state index in [-0.39, 0.29) is 12.8 Å². The first-order valence-electron chi connectivity index (χ1n) is 4.62. The molecule has 0 aromatic rings. The van der Waals surface area contributed by atoms with E-state index in [1.165, 1.54) is 0 Å². The highest BCUT2D eigenvalue weighted by atomic mass is 16.7. The summed E-state index contributed by atoms with van der Waals surface area (Å²) in [5.74, 6) is -1.55. The molecule has 1 aliphatic heterocycles. The summed E-state index contributed by atoms with van der Waals surface area (Å²) in [6, 6.07) is 0. The van der Waals surface area contributed by atoms with E-state index < -0.39 is 17.8 Å². The van der Waals surface area contributed by atoms with Gasteiger partial charge < -0.3 is 4.84 Å². The van der Waals surface area contributed by atoms with Crippen molar-refractivity contribution < 1.29 is 19.2 Å². The van der Waals surface area contributed by atoms with Gasteiger partial charge in [-0.15, -0.1) is 5.06 Å². The molecule has 5 heteroatoms. The van der Waals surface area contributed by atoms with E-state index >= 15 is 0 Å². The van der Waals surface area contributed by atoms with Crippen molar-refractivity contribution in [2.24, 2.45) is 0 Å². The van der Waals surface area contributed by atoms with Crippen molar-refractivity contribution in [3.05, 3.63) is 23.8 Å². The molecule has 1 heterocycles. The number of hydrogen-bond acceptors (Lipinski definition) is 4. The molecule has 2 amide bonds. The molecule has 0 bridgehead atoms. The Kier molecular flexibility index (Phi) is 2.37. The van der Waals surface area contributed by atoms with Gasteiger partial charge in [0.05, 0.1) is 0 Å². The molecule has 0 atom stereocenters. The summed E-state index contributed by atoms with van der Waals surface area (Å²) in [7, 11) is 0. The number of hydrogen-bond donors (Lipinski definition) is 0. The molecule has 0 aromatic carbocycles. The van der Waals surface area contributed by atoms with Gasteiger partial charge in [0, 0.05) is 18.4 Å². The van der Waals surface area contributed by atoms with E-state index in [4.69, 9.17) is 4.84 Å². The first-order chi connectivity index (χ1) is 7.18. The third-order valence-electron chi connectivity index (χ3n) is 2.21. The lowest BCUT2D eigenvalue weighted by Crippen LogP contribution is -2.32. The second-order valence-corrected chi connectivity index (χ2v) is 3.28. The number of carbonyl (C=O) groups is 3. The van der Waals surface area contributed by atoms with Gasteiger partial charge >= 0.3 is 5.97 Å². The maximum absolute atomic E-state index is 11.4. The summed E-state index contributed by atoms with van der Waals surface area (Å²) in [5.41, 5.74) is 0.447. The Bertz CT molecular complexity index is 378. The highest BCUT2D eigenvalue weighted by Crippen LogP contribution is 2.17.